The van der Waals surface area contributed by atoms with E-state index >= 15 is 0 Å². The summed E-state index contributed by atoms with van der Waals surface area (Å²) in [5.74, 6) is 0.961. The van der Waals surface area contributed by atoms with E-state index in [0.717, 1.165) is 12.0 Å². The first-order valence-corrected chi connectivity index (χ1v) is 8.21. The molecule has 3 heteroatoms. The molecule has 1 aliphatic rings. The molecule has 0 amide bonds. The Balaban J connectivity index is 1.98. The molecule has 0 saturated carbocycles. The lowest BCUT2D eigenvalue weighted by molar-refractivity contribution is 0.464. The van der Waals surface area contributed by atoms with Crippen LogP contribution in [-0.2, 0) is 0 Å². The second-order valence-electron chi connectivity index (χ2n) is 3.93. The van der Waals surface area contributed by atoms with Crippen LogP contribution in [-0.4, -0.2) is 9.52 Å². The average molecular weight is 249 g/mol. The summed E-state index contributed by atoms with van der Waals surface area (Å²) in [7, 11) is 0.0541. The number of allylic oxidation sites excluding steroid dienone is 3. The van der Waals surface area contributed by atoms with Gasteiger partial charge in [-0.3, -0.25) is 0 Å². The topological polar surface area (TPSA) is 0 Å². The van der Waals surface area contributed by atoms with Gasteiger partial charge in [-0.05, 0) is 31.2 Å². The van der Waals surface area contributed by atoms with Crippen LogP contribution in [0, 0.1) is 5.92 Å². The summed E-state index contributed by atoms with van der Waals surface area (Å²) in [4.78, 5) is 0. The zero-order valence-corrected chi connectivity index (χ0v) is 11.4. The van der Waals surface area contributed by atoms with Crippen LogP contribution >= 0.6 is 23.2 Å². The van der Waals surface area contributed by atoms with E-state index in [2.05, 4.69) is 12.2 Å². The van der Waals surface area contributed by atoms with Crippen molar-refractivity contribution in [2.45, 2.75) is 37.8 Å². The molecule has 1 atom stereocenters. The van der Waals surface area contributed by atoms with Gasteiger partial charge in [-0.15, -0.1) is 0 Å². The second kappa shape index (κ2) is 7.55. The van der Waals surface area contributed by atoms with Crippen molar-refractivity contribution < 1.29 is 0 Å². The van der Waals surface area contributed by atoms with Gasteiger partial charge in [0.2, 0.25) is 0 Å². The van der Waals surface area contributed by atoms with Crippen molar-refractivity contribution in [1.29, 1.82) is 0 Å². The van der Waals surface area contributed by atoms with Crippen molar-refractivity contribution in [1.82, 2.24) is 0 Å². The molecule has 1 aliphatic carbocycles. The fourth-order valence-electron chi connectivity index (χ4n) is 1.91. The van der Waals surface area contributed by atoms with Crippen LogP contribution in [0.5, 0.6) is 0 Å². The van der Waals surface area contributed by atoms with E-state index in [1.807, 2.05) is 6.08 Å². The molecule has 0 heterocycles. The third kappa shape index (κ3) is 5.89. The standard InChI is InChI=1S/C11H18Cl2Si/c12-11(13)7-9-14-8-6-10-4-2-1-3-5-10/h1-2,7,10H,3-6,8-9,14H2. The van der Waals surface area contributed by atoms with Gasteiger partial charge in [-0.1, -0.05) is 53.9 Å². The Hall–Kier alpha value is 0.277. The van der Waals surface area contributed by atoms with Gasteiger partial charge in [0.25, 0.3) is 0 Å². The van der Waals surface area contributed by atoms with Crippen molar-refractivity contribution in [3.05, 3.63) is 22.7 Å². The minimum absolute atomic E-state index is 0.0541. The van der Waals surface area contributed by atoms with Crippen LogP contribution in [0.2, 0.25) is 12.1 Å². The van der Waals surface area contributed by atoms with Gasteiger partial charge < -0.3 is 0 Å². The van der Waals surface area contributed by atoms with Gasteiger partial charge >= 0.3 is 0 Å². The predicted molar refractivity (Wildman–Crippen MR) is 69.0 cm³/mol. The average Bonchev–Trinajstić information content (AvgIpc) is 2.18. The molecule has 0 saturated heterocycles. The third-order valence-corrected chi connectivity index (χ3v) is 4.66. The Morgan fingerprint density at radius 3 is 2.93 bits per heavy atom. The van der Waals surface area contributed by atoms with E-state index < -0.39 is 0 Å². The minimum Gasteiger partial charge on any atom is -0.0885 e. The quantitative estimate of drug-likeness (QED) is 0.391. The zero-order chi connectivity index (χ0) is 10.2. The molecule has 0 N–H and O–H groups in total. The van der Waals surface area contributed by atoms with Crippen LogP contribution in [0.15, 0.2) is 22.7 Å². The number of rotatable bonds is 5. The van der Waals surface area contributed by atoms with Crippen LogP contribution in [0.1, 0.15) is 25.7 Å². The molecule has 0 aliphatic heterocycles. The highest BCUT2D eigenvalue weighted by Gasteiger charge is 2.08. The van der Waals surface area contributed by atoms with Gasteiger partial charge in [0, 0.05) is 9.52 Å². The molecular formula is C11H18Cl2Si. The number of hydrogen-bond donors (Lipinski definition) is 0. The lowest BCUT2D eigenvalue weighted by Crippen LogP contribution is -2.03. The summed E-state index contributed by atoms with van der Waals surface area (Å²) in [5, 5.41) is 0. The first kappa shape index (κ1) is 12.3. The number of hydrogen-bond acceptors (Lipinski definition) is 0. The molecule has 0 radical (unpaired) electrons. The Bertz CT molecular complexity index is 207. The molecule has 0 bridgehead atoms. The van der Waals surface area contributed by atoms with Crippen molar-refractivity contribution in [3.63, 3.8) is 0 Å². The molecule has 0 aromatic heterocycles. The molecule has 1 unspecified atom stereocenters. The fourth-order valence-corrected chi connectivity index (χ4v) is 4.14. The van der Waals surface area contributed by atoms with Gasteiger partial charge in [-0.25, -0.2) is 0 Å². The van der Waals surface area contributed by atoms with Crippen LogP contribution < -0.4 is 0 Å². The van der Waals surface area contributed by atoms with Crippen LogP contribution in [0.25, 0.3) is 0 Å². The molecule has 1 rings (SSSR count). The lowest BCUT2D eigenvalue weighted by atomic mass is 9.92. The lowest BCUT2D eigenvalue weighted by Gasteiger charge is -2.16. The van der Waals surface area contributed by atoms with Crippen LogP contribution in [0.4, 0.5) is 0 Å². The summed E-state index contributed by atoms with van der Waals surface area (Å²) in [5.41, 5.74) is 0. The summed E-state index contributed by atoms with van der Waals surface area (Å²) in [6.45, 7) is 0. The summed E-state index contributed by atoms with van der Waals surface area (Å²) >= 11 is 11.1. The predicted octanol–water partition coefficient (Wildman–Crippen LogP) is 4.06. The highest BCUT2D eigenvalue weighted by atomic mass is 35.5. The monoisotopic (exact) mass is 248 g/mol. The zero-order valence-electron chi connectivity index (χ0n) is 8.52. The highest BCUT2D eigenvalue weighted by Crippen LogP contribution is 2.23. The van der Waals surface area contributed by atoms with E-state index in [9.17, 15) is 0 Å². The molecule has 0 spiro atoms. The van der Waals surface area contributed by atoms with Gasteiger partial charge in [-0.2, -0.15) is 0 Å². The smallest absolute Gasteiger partial charge is 0.0885 e. The Kier molecular flexibility index (Phi) is 6.66. The highest BCUT2D eigenvalue weighted by molar-refractivity contribution is 6.56. The maximum atomic E-state index is 5.55. The van der Waals surface area contributed by atoms with Gasteiger partial charge in [0.05, 0.1) is 0 Å². The Labute approximate surface area is 99.2 Å². The van der Waals surface area contributed by atoms with E-state index in [-0.39, 0.29) is 9.52 Å². The minimum atomic E-state index is 0.0541. The van der Waals surface area contributed by atoms with E-state index in [0.29, 0.717) is 4.49 Å². The molecule has 0 aromatic carbocycles. The molecule has 0 fully saturated rings. The van der Waals surface area contributed by atoms with Crippen molar-refractivity contribution in [3.8, 4) is 0 Å². The largest absolute Gasteiger partial charge is 0.102 e. The third-order valence-electron chi connectivity index (χ3n) is 2.74. The second-order valence-corrected chi connectivity index (χ2v) is 6.93. The maximum absolute atomic E-state index is 5.55. The van der Waals surface area contributed by atoms with Crippen molar-refractivity contribution >= 4 is 32.7 Å². The summed E-state index contributed by atoms with van der Waals surface area (Å²) < 4.78 is 0.443. The van der Waals surface area contributed by atoms with E-state index in [4.69, 9.17) is 23.2 Å². The van der Waals surface area contributed by atoms with E-state index in [1.54, 1.807) is 0 Å². The first-order valence-electron chi connectivity index (χ1n) is 5.45. The van der Waals surface area contributed by atoms with Crippen molar-refractivity contribution in [2.75, 3.05) is 0 Å². The number of halogens is 2. The Morgan fingerprint density at radius 1 is 1.43 bits per heavy atom. The molecular weight excluding hydrogens is 231 g/mol. The van der Waals surface area contributed by atoms with Crippen molar-refractivity contribution in [2.24, 2.45) is 5.92 Å². The van der Waals surface area contributed by atoms with Gasteiger partial charge in [0.1, 0.15) is 4.49 Å². The SMILES string of the molecule is ClC(Cl)=CC[SiH2]CCC1CC=CCC1. The molecule has 14 heavy (non-hydrogen) atoms. The molecule has 80 valence electrons. The normalized spacial score (nSPS) is 21.7. The summed E-state index contributed by atoms with van der Waals surface area (Å²) in [6, 6.07) is 2.60. The van der Waals surface area contributed by atoms with Gasteiger partial charge in [0.15, 0.2) is 0 Å². The molecule has 0 aromatic rings. The molecule has 0 nitrogen and oxygen atoms in total. The van der Waals surface area contributed by atoms with E-state index in [1.165, 1.54) is 31.7 Å². The summed E-state index contributed by atoms with van der Waals surface area (Å²) in [6.07, 6.45) is 12.0. The Morgan fingerprint density at radius 2 is 2.29 bits per heavy atom. The van der Waals surface area contributed by atoms with Crippen LogP contribution in [0.3, 0.4) is 0 Å². The maximum Gasteiger partial charge on any atom is 0.102 e. The fraction of sp³-hybridized carbons (Fsp3) is 0.636. The first-order chi connectivity index (χ1) is 6.79.